The lowest BCUT2D eigenvalue weighted by atomic mass is 10.1. The summed E-state index contributed by atoms with van der Waals surface area (Å²) in [6.07, 6.45) is 0.789. The van der Waals surface area contributed by atoms with E-state index in [0.29, 0.717) is 17.3 Å². The maximum atomic E-state index is 13.1. The fourth-order valence-corrected chi connectivity index (χ4v) is 2.58. The normalized spacial score (nSPS) is 16.7. The van der Waals surface area contributed by atoms with E-state index in [1.807, 2.05) is 24.3 Å². The highest BCUT2D eigenvalue weighted by molar-refractivity contribution is 6.30. The number of benzene rings is 2. The number of nitrogens with one attached hydrogen (secondary N) is 2. The summed E-state index contributed by atoms with van der Waals surface area (Å²) in [5.74, 6) is -0.498. The quantitative estimate of drug-likeness (QED) is 0.910. The van der Waals surface area contributed by atoms with Gasteiger partial charge in [0.05, 0.1) is 0 Å². The first kappa shape index (κ1) is 14.0. The molecule has 1 aliphatic rings. The highest BCUT2D eigenvalue weighted by Gasteiger charge is 2.29. The van der Waals surface area contributed by atoms with Crippen LogP contribution in [0.2, 0.25) is 5.02 Å². The molecule has 0 bridgehead atoms. The van der Waals surface area contributed by atoms with Gasteiger partial charge in [0.25, 0.3) is 0 Å². The second-order valence-corrected chi connectivity index (χ2v) is 5.42. The van der Waals surface area contributed by atoms with E-state index in [1.165, 1.54) is 12.1 Å². The average molecular weight is 305 g/mol. The van der Waals surface area contributed by atoms with Gasteiger partial charge in [0, 0.05) is 22.8 Å². The SMILES string of the molecule is O=C1Nc2cc(F)ccc2C1NCCc1ccc(Cl)cc1. The molecule has 3 nitrogen and oxygen atoms in total. The number of amides is 1. The molecule has 3 rings (SSSR count). The number of carbonyl (C=O) groups excluding carboxylic acids is 1. The predicted octanol–water partition coefficient (Wildman–Crippen LogP) is 3.30. The van der Waals surface area contributed by atoms with Gasteiger partial charge in [-0.05, 0) is 36.2 Å². The first-order chi connectivity index (χ1) is 10.1. The Morgan fingerprint density at radius 1 is 1.19 bits per heavy atom. The van der Waals surface area contributed by atoms with Crippen molar-refractivity contribution in [2.75, 3.05) is 11.9 Å². The molecule has 1 amide bonds. The third-order valence-electron chi connectivity index (χ3n) is 3.52. The first-order valence-electron chi connectivity index (χ1n) is 6.71. The molecule has 2 aromatic carbocycles. The van der Waals surface area contributed by atoms with E-state index >= 15 is 0 Å². The lowest BCUT2D eigenvalue weighted by Crippen LogP contribution is -2.29. The first-order valence-corrected chi connectivity index (χ1v) is 7.09. The van der Waals surface area contributed by atoms with Crippen molar-refractivity contribution in [1.29, 1.82) is 0 Å². The van der Waals surface area contributed by atoms with E-state index in [2.05, 4.69) is 10.6 Å². The number of hydrogen-bond acceptors (Lipinski definition) is 2. The van der Waals surface area contributed by atoms with Gasteiger partial charge in [0.2, 0.25) is 5.91 Å². The third kappa shape index (κ3) is 3.06. The van der Waals surface area contributed by atoms with Crippen molar-refractivity contribution in [3.63, 3.8) is 0 Å². The summed E-state index contributed by atoms with van der Waals surface area (Å²) >= 11 is 5.84. The summed E-state index contributed by atoms with van der Waals surface area (Å²) in [6, 6.07) is 11.5. The highest BCUT2D eigenvalue weighted by atomic mass is 35.5. The van der Waals surface area contributed by atoms with Crippen molar-refractivity contribution in [3.8, 4) is 0 Å². The molecule has 1 heterocycles. The molecule has 0 aromatic heterocycles. The minimum Gasteiger partial charge on any atom is -0.324 e. The number of carbonyl (C=O) groups is 1. The van der Waals surface area contributed by atoms with E-state index in [4.69, 9.17) is 11.6 Å². The molecule has 0 aliphatic carbocycles. The topological polar surface area (TPSA) is 41.1 Å². The Labute approximate surface area is 127 Å². The van der Waals surface area contributed by atoms with E-state index in [-0.39, 0.29) is 11.7 Å². The predicted molar refractivity (Wildman–Crippen MR) is 80.9 cm³/mol. The number of fused-ring (bicyclic) bond motifs is 1. The number of hydrogen-bond donors (Lipinski definition) is 2. The minimum absolute atomic E-state index is 0.147. The zero-order valence-electron chi connectivity index (χ0n) is 11.2. The molecule has 1 atom stereocenters. The largest absolute Gasteiger partial charge is 0.324 e. The zero-order valence-corrected chi connectivity index (χ0v) is 12.0. The van der Waals surface area contributed by atoms with Gasteiger partial charge in [-0.2, -0.15) is 0 Å². The monoisotopic (exact) mass is 304 g/mol. The summed E-state index contributed by atoms with van der Waals surface area (Å²) < 4.78 is 13.1. The van der Waals surface area contributed by atoms with Crippen LogP contribution < -0.4 is 10.6 Å². The van der Waals surface area contributed by atoms with Gasteiger partial charge in [0.15, 0.2) is 0 Å². The standard InChI is InChI=1S/C16H14ClFN2O/c17-11-3-1-10(2-4-11)7-8-19-15-13-6-5-12(18)9-14(13)20-16(15)21/h1-6,9,15,19H,7-8H2,(H,20,21). The second kappa shape index (κ2) is 5.84. The molecule has 1 aliphatic heterocycles. The maximum Gasteiger partial charge on any atom is 0.246 e. The van der Waals surface area contributed by atoms with E-state index in [9.17, 15) is 9.18 Å². The Balaban J connectivity index is 1.63. The van der Waals surface area contributed by atoms with Crippen LogP contribution in [0.1, 0.15) is 17.2 Å². The number of anilines is 1. The highest BCUT2D eigenvalue weighted by Crippen LogP contribution is 2.31. The summed E-state index contributed by atoms with van der Waals surface area (Å²) in [7, 11) is 0. The van der Waals surface area contributed by atoms with Crippen molar-refractivity contribution in [2.24, 2.45) is 0 Å². The van der Waals surface area contributed by atoms with Crippen LogP contribution in [0.25, 0.3) is 0 Å². The molecule has 0 fully saturated rings. The fourth-order valence-electron chi connectivity index (χ4n) is 2.45. The van der Waals surface area contributed by atoms with Crippen molar-refractivity contribution in [3.05, 3.63) is 64.4 Å². The maximum absolute atomic E-state index is 13.1. The van der Waals surface area contributed by atoms with Gasteiger partial charge >= 0.3 is 0 Å². The van der Waals surface area contributed by atoms with Gasteiger partial charge in [-0.3, -0.25) is 4.79 Å². The van der Waals surface area contributed by atoms with Crippen LogP contribution in [0.4, 0.5) is 10.1 Å². The van der Waals surface area contributed by atoms with E-state index in [1.54, 1.807) is 6.07 Å². The van der Waals surface area contributed by atoms with Crippen molar-refractivity contribution >= 4 is 23.2 Å². The minimum atomic E-state index is -0.423. The van der Waals surface area contributed by atoms with Gasteiger partial charge in [-0.15, -0.1) is 0 Å². The Kier molecular flexibility index (Phi) is 3.90. The number of halogens is 2. The summed E-state index contributed by atoms with van der Waals surface area (Å²) in [5.41, 5.74) is 2.48. The van der Waals surface area contributed by atoms with Crippen molar-refractivity contribution in [1.82, 2.24) is 5.32 Å². The van der Waals surface area contributed by atoms with Gasteiger partial charge in [-0.1, -0.05) is 29.8 Å². The van der Waals surface area contributed by atoms with Crippen LogP contribution in [0.15, 0.2) is 42.5 Å². The molecular weight excluding hydrogens is 291 g/mol. The summed E-state index contributed by atoms with van der Waals surface area (Å²) in [5, 5.41) is 6.59. The molecule has 5 heteroatoms. The Morgan fingerprint density at radius 2 is 1.95 bits per heavy atom. The molecular formula is C16H14ClFN2O. The number of rotatable bonds is 4. The van der Waals surface area contributed by atoms with Crippen molar-refractivity contribution < 1.29 is 9.18 Å². The summed E-state index contributed by atoms with van der Waals surface area (Å²) in [6.45, 7) is 0.649. The molecule has 0 saturated heterocycles. The van der Waals surface area contributed by atoms with Gasteiger partial charge in [-0.25, -0.2) is 4.39 Å². The van der Waals surface area contributed by atoms with Crippen LogP contribution in [-0.2, 0) is 11.2 Å². The van der Waals surface area contributed by atoms with Crippen LogP contribution in [-0.4, -0.2) is 12.5 Å². The summed E-state index contributed by atoms with van der Waals surface area (Å²) in [4.78, 5) is 11.9. The van der Waals surface area contributed by atoms with Crippen LogP contribution in [0, 0.1) is 5.82 Å². The smallest absolute Gasteiger partial charge is 0.246 e. The fraction of sp³-hybridized carbons (Fsp3) is 0.188. The Bertz CT molecular complexity index is 672. The molecule has 0 spiro atoms. The average Bonchev–Trinajstić information content (AvgIpc) is 2.76. The van der Waals surface area contributed by atoms with Gasteiger partial charge < -0.3 is 10.6 Å². The third-order valence-corrected chi connectivity index (χ3v) is 3.77. The van der Waals surface area contributed by atoms with E-state index < -0.39 is 6.04 Å². The van der Waals surface area contributed by atoms with Crippen LogP contribution in [0.5, 0.6) is 0 Å². The van der Waals surface area contributed by atoms with Gasteiger partial charge in [0.1, 0.15) is 11.9 Å². The molecule has 0 saturated carbocycles. The van der Waals surface area contributed by atoms with Crippen molar-refractivity contribution in [2.45, 2.75) is 12.5 Å². The molecule has 21 heavy (non-hydrogen) atoms. The Morgan fingerprint density at radius 3 is 2.71 bits per heavy atom. The Hall–Kier alpha value is -1.91. The van der Waals surface area contributed by atoms with Crippen LogP contribution in [0.3, 0.4) is 0 Å². The lowest BCUT2D eigenvalue weighted by Gasteiger charge is -2.11. The lowest BCUT2D eigenvalue weighted by molar-refractivity contribution is -0.117. The van der Waals surface area contributed by atoms with E-state index in [0.717, 1.165) is 17.5 Å². The van der Waals surface area contributed by atoms with Crippen LogP contribution >= 0.6 is 11.6 Å². The molecule has 2 aromatic rings. The molecule has 2 N–H and O–H groups in total. The molecule has 1 unspecified atom stereocenters. The molecule has 108 valence electrons. The second-order valence-electron chi connectivity index (χ2n) is 4.98. The molecule has 0 radical (unpaired) electrons. The zero-order chi connectivity index (χ0) is 14.8.